The maximum absolute atomic E-state index is 11.2. The summed E-state index contributed by atoms with van der Waals surface area (Å²) < 4.78 is 5.75. The minimum Gasteiger partial charge on any atom is -0.472 e. The lowest BCUT2D eigenvalue weighted by molar-refractivity contribution is -0.108. The Morgan fingerprint density at radius 1 is 1.21 bits per heavy atom. The van der Waals surface area contributed by atoms with E-state index in [1.165, 1.54) is 0 Å². The van der Waals surface area contributed by atoms with Gasteiger partial charge in [-0.15, -0.1) is 0 Å². The van der Waals surface area contributed by atoms with E-state index in [0.717, 1.165) is 17.4 Å². The van der Waals surface area contributed by atoms with Crippen LogP contribution in [0.4, 0.5) is 0 Å². The molecule has 1 aliphatic heterocycles. The quantitative estimate of drug-likeness (QED) is 0.846. The van der Waals surface area contributed by atoms with Gasteiger partial charge in [0.2, 0.25) is 5.90 Å². The number of hydrogen-bond acceptors (Lipinski definition) is 4. The Kier molecular flexibility index (Phi) is 4.43. The largest absolute Gasteiger partial charge is 0.472 e. The molecule has 3 unspecified atom stereocenters. The van der Waals surface area contributed by atoms with Gasteiger partial charge in [0.25, 0.3) is 0 Å². The summed E-state index contributed by atoms with van der Waals surface area (Å²) in [5.41, 5.74) is 0.702. The van der Waals surface area contributed by atoms with Crippen LogP contribution >= 0.6 is 0 Å². The van der Waals surface area contributed by atoms with Gasteiger partial charge in [0, 0.05) is 18.8 Å². The maximum Gasteiger partial charge on any atom is 0.202 e. The van der Waals surface area contributed by atoms with Crippen molar-refractivity contribution in [3.05, 3.63) is 71.8 Å². The maximum atomic E-state index is 11.2. The lowest BCUT2D eigenvalue weighted by Gasteiger charge is -2.28. The van der Waals surface area contributed by atoms with Crippen molar-refractivity contribution in [2.24, 2.45) is 5.41 Å². The van der Waals surface area contributed by atoms with Gasteiger partial charge < -0.3 is 9.53 Å². The van der Waals surface area contributed by atoms with E-state index in [0.29, 0.717) is 6.42 Å². The number of rotatable bonds is 5. The Morgan fingerprint density at radius 2 is 1.83 bits per heavy atom. The molecule has 2 aromatic carbocycles. The summed E-state index contributed by atoms with van der Waals surface area (Å²) in [7, 11) is 0. The Balaban J connectivity index is 2.00. The van der Waals surface area contributed by atoms with Gasteiger partial charge in [0.1, 0.15) is 17.8 Å². The molecule has 1 saturated heterocycles. The van der Waals surface area contributed by atoms with E-state index in [1.807, 2.05) is 60.7 Å². The van der Waals surface area contributed by atoms with E-state index in [1.54, 1.807) is 0 Å². The second kappa shape index (κ2) is 6.67. The summed E-state index contributed by atoms with van der Waals surface area (Å²) in [5.74, 6) is -0.433. The molecule has 3 atom stereocenters. The van der Waals surface area contributed by atoms with Crippen molar-refractivity contribution in [1.82, 2.24) is 0 Å². The molecule has 2 aromatic rings. The van der Waals surface area contributed by atoms with Gasteiger partial charge in [-0.25, -0.2) is 0 Å². The molecule has 1 aliphatic rings. The molecule has 1 N–H and O–H groups in total. The highest BCUT2D eigenvalue weighted by molar-refractivity contribution is 5.87. The molecular formula is C20H18N2O2. The monoisotopic (exact) mass is 318 g/mol. The average molecular weight is 318 g/mol. The zero-order valence-electron chi connectivity index (χ0n) is 13.2. The molecule has 0 aromatic heterocycles. The molecule has 1 fully saturated rings. The Labute approximate surface area is 141 Å². The van der Waals surface area contributed by atoms with Crippen LogP contribution in [-0.2, 0) is 9.53 Å². The number of nitrogens with zero attached hydrogens (tertiary/aromatic N) is 1. The van der Waals surface area contributed by atoms with Crippen LogP contribution in [-0.4, -0.2) is 12.2 Å². The third-order valence-corrected chi connectivity index (χ3v) is 4.67. The van der Waals surface area contributed by atoms with Gasteiger partial charge in [-0.3, -0.25) is 5.41 Å². The predicted octanol–water partition coefficient (Wildman–Crippen LogP) is 4.01. The van der Waals surface area contributed by atoms with Crippen LogP contribution in [0.25, 0.3) is 0 Å². The normalized spacial score (nSPS) is 24.0. The number of hydrogen-bond donors (Lipinski definition) is 1. The van der Waals surface area contributed by atoms with Crippen molar-refractivity contribution in [2.75, 3.05) is 0 Å². The number of carbonyl (C=O) groups is 1. The predicted molar refractivity (Wildman–Crippen MR) is 90.5 cm³/mol. The van der Waals surface area contributed by atoms with Crippen LogP contribution in [0, 0.1) is 22.2 Å². The highest BCUT2D eigenvalue weighted by atomic mass is 16.5. The minimum absolute atomic E-state index is 0.0467. The van der Waals surface area contributed by atoms with Crippen molar-refractivity contribution < 1.29 is 9.53 Å². The molecule has 0 radical (unpaired) electrons. The second-order valence-corrected chi connectivity index (χ2v) is 6.00. The van der Waals surface area contributed by atoms with Crippen LogP contribution in [0.3, 0.4) is 0 Å². The van der Waals surface area contributed by atoms with Gasteiger partial charge in [-0.1, -0.05) is 60.7 Å². The molecule has 4 nitrogen and oxygen atoms in total. The SMILES string of the molecule is N#CC1(C(CC=O)c2ccccc2)CC(c2ccccc2)OC1=N. The fraction of sp³-hybridized carbons (Fsp3) is 0.250. The molecule has 1 heterocycles. The van der Waals surface area contributed by atoms with Crippen LogP contribution in [0.5, 0.6) is 0 Å². The first kappa shape index (κ1) is 15.9. The van der Waals surface area contributed by atoms with E-state index in [9.17, 15) is 10.1 Å². The van der Waals surface area contributed by atoms with Crippen molar-refractivity contribution in [1.29, 1.82) is 10.7 Å². The molecular weight excluding hydrogens is 300 g/mol. The summed E-state index contributed by atoms with van der Waals surface area (Å²) in [5, 5.41) is 18.3. The molecule has 120 valence electrons. The first-order chi connectivity index (χ1) is 11.7. The summed E-state index contributed by atoms with van der Waals surface area (Å²) in [6.45, 7) is 0. The fourth-order valence-electron chi connectivity index (χ4n) is 3.41. The summed E-state index contributed by atoms with van der Waals surface area (Å²) >= 11 is 0. The fourth-order valence-corrected chi connectivity index (χ4v) is 3.41. The van der Waals surface area contributed by atoms with Gasteiger partial charge in [0.15, 0.2) is 0 Å². The van der Waals surface area contributed by atoms with Crippen LogP contribution in [0.15, 0.2) is 60.7 Å². The highest BCUT2D eigenvalue weighted by Gasteiger charge is 2.53. The number of benzene rings is 2. The summed E-state index contributed by atoms with van der Waals surface area (Å²) in [4.78, 5) is 11.2. The topological polar surface area (TPSA) is 73.9 Å². The van der Waals surface area contributed by atoms with E-state index < -0.39 is 5.41 Å². The van der Waals surface area contributed by atoms with Gasteiger partial charge in [0.05, 0.1) is 6.07 Å². The molecule has 4 heteroatoms. The van der Waals surface area contributed by atoms with Crippen molar-refractivity contribution in [3.8, 4) is 6.07 Å². The van der Waals surface area contributed by atoms with Crippen LogP contribution < -0.4 is 0 Å². The summed E-state index contributed by atoms with van der Waals surface area (Å²) in [6.07, 6.45) is 1.04. The van der Waals surface area contributed by atoms with Crippen molar-refractivity contribution >= 4 is 12.2 Å². The second-order valence-electron chi connectivity index (χ2n) is 6.00. The lowest BCUT2D eigenvalue weighted by atomic mass is 9.69. The van der Waals surface area contributed by atoms with E-state index in [2.05, 4.69) is 6.07 Å². The van der Waals surface area contributed by atoms with E-state index in [4.69, 9.17) is 10.1 Å². The lowest BCUT2D eigenvalue weighted by Crippen LogP contribution is -2.32. The third kappa shape index (κ3) is 2.69. The standard InChI is InChI=1S/C20H18N2O2/c21-14-20(17(11-12-23)15-7-3-1-4-8-15)13-18(24-19(20)22)16-9-5-2-6-10-16/h1-10,12,17-18,22H,11,13H2. The van der Waals surface area contributed by atoms with Crippen LogP contribution in [0.1, 0.15) is 36.0 Å². The first-order valence-corrected chi connectivity index (χ1v) is 7.91. The first-order valence-electron chi connectivity index (χ1n) is 7.91. The molecule has 0 saturated carbocycles. The Bertz CT molecular complexity index is 767. The number of aldehydes is 1. The number of nitriles is 1. The van der Waals surface area contributed by atoms with Crippen molar-refractivity contribution in [3.63, 3.8) is 0 Å². The number of ether oxygens (including phenoxy) is 1. The van der Waals surface area contributed by atoms with E-state index in [-0.39, 0.29) is 24.3 Å². The molecule has 0 spiro atoms. The van der Waals surface area contributed by atoms with Gasteiger partial charge in [-0.2, -0.15) is 5.26 Å². The Morgan fingerprint density at radius 3 is 2.42 bits per heavy atom. The molecule has 0 amide bonds. The zero-order valence-corrected chi connectivity index (χ0v) is 13.2. The molecule has 24 heavy (non-hydrogen) atoms. The minimum atomic E-state index is -1.12. The molecule has 0 aliphatic carbocycles. The molecule has 3 rings (SSSR count). The van der Waals surface area contributed by atoms with Gasteiger partial charge in [-0.05, 0) is 11.1 Å². The number of carbonyl (C=O) groups excluding carboxylic acids is 1. The van der Waals surface area contributed by atoms with E-state index >= 15 is 0 Å². The zero-order chi connectivity index (χ0) is 17.0. The van der Waals surface area contributed by atoms with Crippen molar-refractivity contribution in [2.45, 2.75) is 24.9 Å². The van der Waals surface area contributed by atoms with Crippen LogP contribution in [0.2, 0.25) is 0 Å². The number of nitrogens with one attached hydrogen (secondary N) is 1. The average Bonchev–Trinajstić information content (AvgIpc) is 2.99. The summed E-state index contributed by atoms with van der Waals surface area (Å²) in [6, 6.07) is 21.4. The Hall–Kier alpha value is -2.93. The molecule has 0 bridgehead atoms. The van der Waals surface area contributed by atoms with Gasteiger partial charge >= 0.3 is 0 Å². The smallest absolute Gasteiger partial charge is 0.202 e. The third-order valence-electron chi connectivity index (χ3n) is 4.67. The highest BCUT2D eigenvalue weighted by Crippen LogP contribution is 2.51.